The zero-order valence-electron chi connectivity index (χ0n) is 19.1. The predicted molar refractivity (Wildman–Crippen MR) is 118 cm³/mol. The molecule has 2 aliphatic heterocycles. The number of hydrogen-bond acceptors (Lipinski definition) is 5. The van der Waals surface area contributed by atoms with Gasteiger partial charge in [0.05, 0.1) is 21.2 Å². The lowest BCUT2D eigenvalue weighted by Crippen LogP contribution is -2.37. The van der Waals surface area contributed by atoms with Gasteiger partial charge in [0, 0.05) is 30.8 Å². The fourth-order valence-corrected chi connectivity index (χ4v) is 7.94. The van der Waals surface area contributed by atoms with Crippen LogP contribution in [0.1, 0.15) is 20.8 Å². The van der Waals surface area contributed by atoms with Crippen LogP contribution < -0.4 is 0 Å². The summed E-state index contributed by atoms with van der Waals surface area (Å²) >= 11 is 0. The average molecular weight is 429 g/mol. The summed E-state index contributed by atoms with van der Waals surface area (Å²) in [5, 5.41) is 1.27. The molecule has 1 saturated carbocycles. The highest BCUT2D eigenvalue weighted by atomic mass is 28.3. The molecule has 30 heavy (non-hydrogen) atoms. The van der Waals surface area contributed by atoms with Crippen molar-refractivity contribution in [1.29, 1.82) is 0 Å². The minimum absolute atomic E-state index is 0.0504. The molecule has 2 aliphatic carbocycles. The minimum Gasteiger partial charge on any atom is -0.464 e. The van der Waals surface area contributed by atoms with Gasteiger partial charge >= 0.3 is 12.1 Å². The van der Waals surface area contributed by atoms with Gasteiger partial charge in [-0.15, -0.1) is 0 Å². The first-order valence-electron chi connectivity index (χ1n) is 10.5. The van der Waals surface area contributed by atoms with E-state index in [2.05, 4.69) is 30.6 Å². The molecule has 6 nitrogen and oxygen atoms in total. The van der Waals surface area contributed by atoms with E-state index in [0.29, 0.717) is 5.70 Å². The summed E-state index contributed by atoms with van der Waals surface area (Å²) in [5.74, 6) is 0.331. The van der Waals surface area contributed by atoms with Crippen LogP contribution in [-0.2, 0) is 14.3 Å². The molecule has 0 radical (unpaired) electrons. The lowest BCUT2D eigenvalue weighted by Gasteiger charge is -2.32. The molecule has 4 rings (SSSR count). The van der Waals surface area contributed by atoms with E-state index in [4.69, 9.17) is 9.47 Å². The molecule has 1 amide bonds. The van der Waals surface area contributed by atoms with Gasteiger partial charge in [0.2, 0.25) is 0 Å². The molecule has 4 atom stereocenters. The number of amides is 1. The van der Waals surface area contributed by atoms with Crippen LogP contribution in [0, 0.1) is 17.8 Å². The topological polar surface area (TPSA) is 59.1 Å². The summed E-state index contributed by atoms with van der Waals surface area (Å²) < 4.78 is 10.8. The van der Waals surface area contributed by atoms with Gasteiger partial charge in [-0.25, -0.2) is 9.59 Å². The Hall–Kier alpha value is -2.28. The lowest BCUT2D eigenvalue weighted by molar-refractivity contribution is -0.137. The number of nitrogens with zero attached hydrogens (tertiary/aromatic N) is 2. The first kappa shape index (κ1) is 21.0. The van der Waals surface area contributed by atoms with Gasteiger partial charge in [-0.1, -0.05) is 31.8 Å². The number of methoxy groups -OCH3 is 1. The number of likely N-dealkylation sites (N-methyl/N-ethyl adjacent to an activating group) is 1. The van der Waals surface area contributed by atoms with E-state index in [0.717, 1.165) is 5.70 Å². The van der Waals surface area contributed by atoms with Crippen LogP contribution in [0.25, 0.3) is 0 Å². The molecule has 0 aromatic heterocycles. The number of rotatable bonds is 2. The number of carbonyl (C=O) groups excluding carboxylic acids is 2. The summed E-state index contributed by atoms with van der Waals surface area (Å²) in [7, 11) is 1.61. The second kappa shape index (κ2) is 6.61. The van der Waals surface area contributed by atoms with Gasteiger partial charge in [-0.3, -0.25) is 4.90 Å². The van der Waals surface area contributed by atoms with E-state index < -0.39 is 13.7 Å². The Morgan fingerprint density at radius 2 is 1.83 bits per heavy atom. The van der Waals surface area contributed by atoms with Crippen molar-refractivity contribution in [2.75, 3.05) is 14.2 Å². The molecule has 0 aromatic rings. The quantitative estimate of drug-likeness (QED) is 0.490. The van der Waals surface area contributed by atoms with E-state index in [9.17, 15) is 9.59 Å². The summed E-state index contributed by atoms with van der Waals surface area (Å²) in [6, 6.07) is 0.0504. The molecule has 4 unspecified atom stereocenters. The van der Waals surface area contributed by atoms with Gasteiger partial charge in [0.25, 0.3) is 0 Å². The Morgan fingerprint density at radius 1 is 1.17 bits per heavy atom. The summed E-state index contributed by atoms with van der Waals surface area (Å²) in [4.78, 5) is 29.4. The first-order chi connectivity index (χ1) is 13.9. The molecule has 0 N–H and O–H groups in total. The molecule has 0 bridgehead atoms. The lowest BCUT2D eigenvalue weighted by atomic mass is 9.83. The Morgan fingerprint density at radius 3 is 2.40 bits per heavy atom. The van der Waals surface area contributed by atoms with Crippen molar-refractivity contribution < 1.29 is 19.1 Å². The third-order valence-electron chi connectivity index (χ3n) is 6.45. The maximum Gasteiger partial charge on any atom is 0.418 e. The van der Waals surface area contributed by atoms with E-state index in [1.807, 2.05) is 46.2 Å². The van der Waals surface area contributed by atoms with Gasteiger partial charge in [-0.05, 0) is 43.5 Å². The molecule has 4 aliphatic rings. The van der Waals surface area contributed by atoms with Gasteiger partial charge < -0.3 is 14.4 Å². The second-order valence-corrected chi connectivity index (χ2v) is 15.6. The van der Waals surface area contributed by atoms with Gasteiger partial charge in [0.15, 0.2) is 0 Å². The standard InChI is InChI=1S/C23H32N2O4Si/c1-23(2,3)29-22(27)25-12-14-16-13(10-9-11-15(16)25)17-18(14)24(4)19(21(26)28-5)20(17)30(6,7)8/h9-13,16-18H,1-8H3. The third-order valence-corrected chi connectivity index (χ3v) is 8.64. The van der Waals surface area contributed by atoms with Crippen molar-refractivity contribution in [2.45, 2.75) is 52.1 Å². The maximum absolute atomic E-state index is 12.9. The fourth-order valence-electron chi connectivity index (χ4n) is 5.60. The minimum atomic E-state index is -1.82. The smallest absolute Gasteiger partial charge is 0.418 e. The molecule has 0 spiro atoms. The number of carbonyl (C=O) groups is 2. The van der Waals surface area contributed by atoms with Crippen LogP contribution in [0.15, 0.2) is 46.6 Å². The highest BCUT2D eigenvalue weighted by Crippen LogP contribution is 2.60. The molecule has 1 fully saturated rings. The van der Waals surface area contributed by atoms with E-state index in [1.54, 1.807) is 4.90 Å². The van der Waals surface area contributed by atoms with Gasteiger partial charge in [0.1, 0.15) is 11.3 Å². The largest absolute Gasteiger partial charge is 0.464 e. The summed E-state index contributed by atoms with van der Waals surface area (Å²) in [5.41, 5.74) is 2.31. The predicted octanol–water partition coefficient (Wildman–Crippen LogP) is 4.06. The molecule has 2 heterocycles. The molecule has 162 valence electrons. The van der Waals surface area contributed by atoms with Crippen molar-refractivity contribution in [3.8, 4) is 0 Å². The fraction of sp³-hybridized carbons (Fsp3) is 0.565. The number of allylic oxidation sites excluding steroid dienone is 4. The normalized spacial score (nSPS) is 29.6. The molecular weight excluding hydrogens is 396 g/mol. The summed E-state index contributed by atoms with van der Waals surface area (Å²) in [6.45, 7) is 12.5. The van der Waals surface area contributed by atoms with Crippen LogP contribution in [0.3, 0.4) is 0 Å². The Bertz CT molecular complexity index is 932. The monoisotopic (exact) mass is 428 g/mol. The zero-order chi connectivity index (χ0) is 22.2. The number of hydrogen-bond donors (Lipinski definition) is 0. The van der Waals surface area contributed by atoms with Crippen LogP contribution in [0.4, 0.5) is 4.79 Å². The van der Waals surface area contributed by atoms with E-state index >= 15 is 0 Å². The third kappa shape index (κ3) is 2.97. The number of fused-ring (bicyclic) bond motifs is 3. The highest BCUT2D eigenvalue weighted by Gasteiger charge is 2.61. The molecule has 0 aromatic carbocycles. The van der Waals surface area contributed by atoms with Gasteiger partial charge in [-0.2, -0.15) is 0 Å². The van der Waals surface area contributed by atoms with Crippen LogP contribution >= 0.6 is 0 Å². The van der Waals surface area contributed by atoms with Crippen molar-refractivity contribution >= 4 is 20.1 Å². The molecule has 0 saturated heterocycles. The Balaban J connectivity index is 1.81. The average Bonchev–Trinajstić information content (AvgIpc) is 3.24. The molecular formula is C23H32N2O4Si. The Kier molecular flexibility index (Phi) is 4.62. The van der Waals surface area contributed by atoms with Crippen molar-refractivity contribution in [1.82, 2.24) is 9.80 Å². The van der Waals surface area contributed by atoms with Crippen molar-refractivity contribution in [2.24, 2.45) is 17.8 Å². The maximum atomic E-state index is 12.9. The first-order valence-corrected chi connectivity index (χ1v) is 14.0. The van der Waals surface area contributed by atoms with Crippen LogP contribution in [0.2, 0.25) is 19.6 Å². The van der Waals surface area contributed by atoms with Crippen LogP contribution in [0.5, 0.6) is 0 Å². The Labute approximate surface area is 179 Å². The van der Waals surface area contributed by atoms with Crippen molar-refractivity contribution in [3.63, 3.8) is 0 Å². The highest BCUT2D eigenvalue weighted by molar-refractivity contribution is 6.83. The van der Waals surface area contributed by atoms with E-state index in [1.165, 1.54) is 17.9 Å². The van der Waals surface area contributed by atoms with Crippen molar-refractivity contribution in [3.05, 3.63) is 46.6 Å². The zero-order valence-corrected chi connectivity index (χ0v) is 20.1. The molecule has 7 heteroatoms. The summed E-state index contributed by atoms with van der Waals surface area (Å²) in [6.07, 6.45) is 7.92. The SMILES string of the molecule is COC(=O)C1=C([Si](C)(C)C)C2C3C=CC=C4C3C(=CN4C(=O)OC(C)(C)C)C2N1C. The number of esters is 1. The number of ether oxygens (including phenoxy) is 2. The van der Waals surface area contributed by atoms with Crippen LogP contribution in [-0.4, -0.2) is 55.7 Å². The second-order valence-electron chi connectivity index (χ2n) is 10.6. The van der Waals surface area contributed by atoms with E-state index in [-0.39, 0.29) is 35.9 Å².